The SMILES string of the molecule is CCNCc1cncc(C2CC2)c1. The molecule has 2 rings (SSSR count). The van der Waals surface area contributed by atoms with Crippen molar-refractivity contribution >= 4 is 0 Å². The van der Waals surface area contributed by atoms with E-state index in [2.05, 4.69) is 23.3 Å². The number of hydrogen-bond donors (Lipinski definition) is 1. The van der Waals surface area contributed by atoms with Gasteiger partial charge >= 0.3 is 0 Å². The van der Waals surface area contributed by atoms with E-state index in [-0.39, 0.29) is 0 Å². The first-order chi connectivity index (χ1) is 6.40. The molecule has 1 saturated carbocycles. The monoisotopic (exact) mass is 176 g/mol. The average molecular weight is 176 g/mol. The van der Waals surface area contributed by atoms with Crippen LogP contribution in [0.1, 0.15) is 36.8 Å². The lowest BCUT2D eigenvalue weighted by Gasteiger charge is -2.03. The van der Waals surface area contributed by atoms with Gasteiger partial charge in [-0.05, 0) is 36.4 Å². The number of nitrogens with one attached hydrogen (secondary N) is 1. The zero-order valence-electron chi connectivity index (χ0n) is 8.09. The van der Waals surface area contributed by atoms with Crippen LogP contribution in [0, 0.1) is 0 Å². The first-order valence-corrected chi connectivity index (χ1v) is 5.04. The Morgan fingerprint density at radius 2 is 2.31 bits per heavy atom. The Labute approximate surface area is 79.4 Å². The van der Waals surface area contributed by atoms with E-state index in [1.807, 2.05) is 12.4 Å². The van der Waals surface area contributed by atoms with Crippen molar-refractivity contribution in [2.75, 3.05) is 6.54 Å². The summed E-state index contributed by atoms with van der Waals surface area (Å²) in [6, 6.07) is 2.29. The number of aromatic nitrogens is 1. The van der Waals surface area contributed by atoms with Crippen molar-refractivity contribution in [1.29, 1.82) is 0 Å². The van der Waals surface area contributed by atoms with E-state index in [1.165, 1.54) is 24.0 Å². The Morgan fingerprint density at radius 1 is 1.46 bits per heavy atom. The predicted octanol–water partition coefficient (Wildman–Crippen LogP) is 2.07. The summed E-state index contributed by atoms with van der Waals surface area (Å²) in [4.78, 5) is 4.26. The first-order valence-electron chi connectivity index (χ1n) is 5.04. The van der Waals surface area contributed by atoms with Crippen molar-refractivity contribution in [3.05, 3.63) is 29.6 Å². The molecule has 0 spiro atoms. The van der Waals surface area contributed by atoms with Crippen molar-refractivity contribution in [3.63, 3.8) is 0 Å². The zero-order valence-corrected chi connectivity index (χ0v) is 8.09. The summed E-state index contributed by atoms with van der Waals surface area (Å²) >= 11 is 0. The molecule has 0 atom stereocenters. The van der Waals surface area contributed by atoms with Crippen LogP contribution in [-0.4, -0.2) is 11.5 Å². The fourth-order valence-electron chi connectivity index (χ4n) is 1.51. The molecule has 1 aromatic heterocycles. The third-order valence-electron chi connectivity index (χ3n) is 2.44. The summed E-state index contributed by atoms with van der Waals surface area (Å²) in [5.41, 5.74) is 2.74. The largest absolute Gasteiger partial charge is 0.313 e. The highest BCUT2D eigenvalue weighted by atomic mass is 14.8. The molecule has 13 heavy (non-hydrogen) atoms. The average Bonchev–Trinajstić information content (AvgIpc) is 2.98. The molecule has 0 radical (unpaired) electrons. The number of hydrogen-bond acceptors (Lipinski definition) is 2. The molecule has 1 fully saturated rings. The lowest BCUT2D eigenvalue weighted by atomic mass is 10.1. The lowest BCUT2D eigenvalue weighted by Crippen LogP contribution is -2.11. The Balaban J connectivity index is 2.03. The summed E-state index contributed by atoms with van der Waals surface area (Å²) in [7, 11) is 0. The van der Waals surface area contributed by atoms with Crippen LogP contribution in [0.2, 0.25) is 0 Å². The Kier molecular flexibility index (Phi) is 2.60. The number of nitrogens with zero attached hydrogens (tertiary/aromatic N) is 1. The molecule has 2 heteroatoms. The molecule has 0 saturated heterocycles. The molecular weight excluding hydrogens is 160 g/mol. The summed E-state index contributed by atoms with van der Waals surface area (Å²) in [6.45, 7) is 4.09. The van der Waals surface area contributed by atoms with Crippen LogP contribution in [0.25, 0.3) is 0 Å². The molecule has 70 valence electrons. The quantitative estimate of drug-likeness (QED) is 0.759. The van der Waals surface area contributed by atoms with E-state index in [9.17, 15) is 0 Å². The molecule has 1 N–H and O–H groups in total. The molecule has 0 unspecified atom stereocenters. The summed E-state index contributed by atoms with van der Waals surface area (Å²) in [5, 5.41) is 3.31. The van der Waals surface area contributed by atoms with Gasteiger partial charge in [-0.1, -0.05) is 13.0 Å². The van der Waals surface area contributed by atoms with Gasteiger partial charge in [-0.3, -0.25) is 4.98 Å². The van der Waals surface area contributed by atoms with E-state index < -0.39 is 0 Å². The van der Waals surface area contributed by atoms with Crippen LogP contribution in [0.3, 0.4) is 0 Å². The molecule has 1 aliphatic rings. The van der Waals surface area contributed by atoms with Crippen molar-refractivity contribution in [3.8, 4) is 0 Å². The van der Waals surface area contributed by atoms with E-state index in [0.29, 0.717) is 0 Å². The van der Waals surface area contributed by atoms with Crippen molar-refractivity contribution < 1.29 is 0 Å². The minimum Gasteiger partial charge on any atom is -0.313 e. The molecule has 1 heterocycles. The molecule has 0 aromatic carbocycles. The summed E-state index contributed by atoms with van der Waals surface area (Å²) in [6.07, 6.45) is 6.67. The second-order valence-electron chi connectivity index (χ2n) is 3.68. The minimum atomic E-state index is 0.814. The van der Waals surface area contributed by atoms with Crippen molar-refractivity contribution in [2.24, 2.45) is 0 Å². The van der Waals surface area contributed by atoms with Crippen LogP contribution < -0.4 is 5.32 Å². The highest BCUT2D eigenvalue weighted by Gasteiger charge is 2.23. The number of pyridine rings is 1. The maximum Gasteiger partial charge on any atom is 0.0313 e. The van der Waals surface area contributed by atoms with Gasteiger partial charge in [0.05, 0.1) is 0 Å². The third kappa shape index (κ3) is 2.28. The van der Waals surface area contributed by atoms with Gasteiger partial charge in [0.2, 0.25) is 0 Å². The van der Waals surface area contributed by atoms with Gasteiger partial charge in [-0.2, -0.15) is 0 Å². The molecular formula is C11H16N2. The second-order valence-corrected chi connectivity index (χ2v) is 3.68. The van der Waals surface area contributed by atoms with Gasteiger partial charge in [-0.25, -0.2) is 0 Å². The van der Waals surface area contributed by atoms with Crippen molar-refractivity contribution in [2.45, 2.75) is 32.2 Å². The van der Waals surface area contributed by atoms with Crippen LogP contribution in [0.15, 0.2) is 18.5 Å². The molecule has 0 aliphatic heterocycles. The predicted molar refractivity (Wildman–Crippen MR) is 53.6 cm³/mol. The van der Waals surface area contributed by atoms with Gasteiger partial charge in [0, 0.05) is 18.9 Å². The lowest BCUT2D eigenvalue weighted by molar-refractivity contribution is 0.723. The fourth-order valence-corrected chi connectivity index (χ4v) is 1.51. The smallest absolute Gasteiger partial charge is 0.0313 e. The molecule has 0 amide bonds. The highest BCUT2D eigenvalue weighted by molar-refractivity contribution is 5.24. The van der Waals surface area contributed by atoms with Crippen LogP contribution >= 0.6 is 0 Å². The number of rotatable bonds is 4. The highest BCUT2D eigenvalue weighted by Crippen LogP contribution is 2.39. The van der Waals surface area contributed by atoms with Crippen molar-refractivity contribution in [1.82, 2.24) is 10.3 Å². The van der Waals surface area contributed by atoms with E-state index >= 15 is 0 Å². The zero-order chi connectivity index (χ0) is 9.10. The molecule has 0 bridgehead atoms. The fraction of sp³-hybridized carbons (Fsp3) is 0.545. The van der Waals surface area contributed by atoms with Gasteiger partial charge < -0.3 is 5.32 Å². The maximum absolute atomic E-state index is 4.26. The van der Waals surface area contributed by atoms with E-state index in [0.717, 1.165) is 19.0 Å². The topological polar surface area (TPSA) is 24.9 Å². The van der Waals surface area contributed by atoms with Gasteiger partial charge in [-0.15, -0.1) is 0 Å². The molecule has 1 aromatic rings. The Hall–Kier alpha value is -0.890. The van der Waals surface area contributed by atoms with Gasteiger partial charge in [0.25, 0.3) is 0 Å². The molecule has 1 aliphatic carbocycles. The Morgan fingerprint density at radius 3 is 3.00 bits per heavy atom. The van der Waals surface area contributed by atoms with Crippen LogP contribution in [-0.2, 0) is 6.54 Å². The standard InChI is InChI=1S/C11H16N2/c1-2-12-6-9-5-11(8-13-7-9)10-3-4-10/h5,7-8,10,12H,2-4,6H2,1H3. The second kappa shape index (κ2) is 3.88. The normalized spacial score (nSPS) is 16.1. The summed E-state index contributed by atoms with van der Waals surface area (Å²) < 4.78 is 0. The van der Waals surface area contributed by atoms with E-state index in [1.54, 1.807) is 0 Å². The minimum absolute atomic E-state index is 0.814. The Bertz CT molecular complexity index is 279. The van der Waals surface area contributed by atoms with Gasteiger partial charge in [0.1, 0.15) is 0 Å². The summed E-state index contributed by atoms with van der Waals surface area (Å²) in [5.74, 6) is 0.814. The molecule has 2 nitrogen and oxygen atoms in total. The van der Waals surface area contributed by atoms with Crippen LogP contribution in [0.4, 0.5) is 0 Å². The third-order valence-corrected chi connectivity index (χ3v) is 2.44. The maximum atomic E-state index is 4.26. The van der Waals surface area contributed by atoms with Crippen LogP contribution in [0.5, 0.6) is 0 Å². The van der Waals surface area contributed by atoms with E-state index in [4.69, 9.17) is 0 Å². The van der Waals surface area contributed by atoms with Gasteiger partial charge in [0.15, 0.2) is 0 Å². The first kappa shape index (κ1) is 8.70.